The molecule has 0 spiro atoms. The maximum absolute atomic E-state index is 13.0. The molecule has 0 aromatic heterocycles. The van der Waals surface area contributed by atoms with Crippen LogP contribution in [0.4, 0.5) is 4.39 Å². The third-order valence-electron chi connectivity index (χ3n) is 2.87. The molecule has 0 amide bonds. The Morgan fingerprint density at radius 1 is 1.47 bits per heavy atom. The van der Waals surface area contributed by atoms with Crippen LogP contribution in [0, 0.1) is 5.82 Å². The summed E-state index contributed by atoms with van der Waals surface area (Å²) in [6.45, 7) is 3.82. The van der Waals surface area contributed by atoms with Gasteiger partial charge in [0.05, 0.1) is 6.61 Å². The molecular formula is C14H17FO4. The minimum atomic E-state index is -0.885. The normalized spacial score (nSPS) is 23.9. The molecular weight excluding hydrogens is 251 g/mol. The van der Waals surface area contributed by atoms with Gasteiger partial charge in [-0.3, -0.25) is 0 Å². The molecule has 2 N–H and O–H groups in total. The average molecular weight is 268 g/mol. The van der Waals surface area contributed by atoms with Crippen LogP contribution in [0.2, 0.25) is 0 Å². The van der Waals surface area contributed by atoms with E-state index in [-0.39, 0.29) is 12.4 Å². The lowest BCUT2D eigenvalue weighted by Gasteiger charge is -2.18. The van der Waals surface area contributed by atoms with E-state index in [4.69, 9.17) is 9.47 Å². The van der Waals surface area contributed by atoms with Crippen molar-refractivity contribution in [3.8, 4) is 5.75 Å². The van der Waals surface area contributed by atoms with Crippen LogP contribution < -0.4 is 0 Å². The van der Waals surface area contributed by atoms with Crippen molar-refractivity contribution in [1.29, 1.82) is 0 Å². The van der Waals surface area contributed by atoms with Crippen molar-refractivity contribution in [2.75, 3.05) is 6.61 Å². The third kappa shape index (κ3) is 3.53. The Balaban J connectivity index is 2.04. The largest absolute Gasteiger partial charge is 0.507 e. The Morgan fingerprint density at radius 2 is 2.21 bits per heavy atom. The van der Waals surface area contributed by atoms with Crippen molar-refractivity contribution in [2.24, 2.45) is 0 Å². The second-order valence-corrected chi connectivity index (χ2v) is 4.92. The van der Waals surface area contributed by atoms with E-state index in [1.807, 2.05) is 0 Å². The fourth-order valence-electron chi connectivity index (χ4n) is 1.87. The minimum absolute atomic E-state index is 0.0474. The van der Waals surface area contributed by atoms with Gasteiger partial charge >= 0.3 is 0 Å². The summed E-state index contributed by atoms with van der Waals surface area (Å²) in [6.07, 6.45) is 1.55. The highest BCUT2D eigenvalue weighted by Gasteiger charge is 2.35. The first-order valence-electron chi connectivity index (χ1n) is 6.04. The molecule has 1 saturated heterocycles. The number of halogens is 1. The molecule has 1 fully saturated rings. The summed E-state index contributed by atoms with van der Waals surface area (Å²) < 4.78 is 23.9. The summed E-state index contributed by atoms with van der Waals surface area (Å²) in [6, 6.07) is 3.62. The van der Waals surface area contributed by atoms with E-state index in [9.17, 15) is 14.6 Å². The van der Waals surface area contributed by atoms with Crippen molar-refractivity contribution in [3.63, 3.8) is 0 Å². The Hall–Kier alpha value is -1.43. The highest BCUT2D eigenvalue weighted by atomic mass is 19.1. The number of rotatable bonds is 3. The standard InChI is InChI=1S/C14H17FO4/c1-14(2)18-8-13(19-14)12(17)5-3-9-7-10(15)4-6-11(9)16/h3-7,12-13,16-17H,8H2,1-2H3/b5-3+/t12-,13+/m0/s1. The van der Waals surface area contributed by atoms with Crippen LogP contribution in [-0.2, 0) is 9.47 Å². The van der Waals surface area contributed by atoms with E-state index in [1.54, 1.807) is 13.8 Å². The minimum Gasteiger partial charge on any atom is -0.507 e. The number of aromatic hydroxyl groups is 1. The summed E-state index contributed by atoms with van der Waals surface area (Å²) in [5.41, 5.74) is 0.303. The van der Waals surface area contributed by atoms with Gasteiger partial charge < -0.3 is 19.7 Å². The van der Waals surface area contributed by atoms with Crippen LogP contribution in [0.1, 0.15) is 19.4 Å². The van der Waals surface area contributed by atoms with Gasteiger partial charge in [-0.2, -0.15) is 0 Å². The van der Waals surface area contributed by atoms with Crippen molar-refractivity contribution < 1.29 is 24.1 Å². The van der Waals surface area contributed by atoms with Crippen LogP contribution in [0.3, 0.4) is 0 Å². The fraction of sp³-hybridized carbons (Fsp3) is 0.429. The highest BCUT2D eigenvalue weighted by molar-refractivity contribution is 5.57. The van der Waals surface area contributed by atoms with Crippen molar-refractivity contribution >= 4 is 6.08 Å². The monoisotopic (exact) mass is 268 g/mol. The lowest BCUT2D eigenvalue weighted by atomic mass is 10.1. The van der Waals surface area contributed by atoms with Crippen molar-refractivity contribution in [3.05, 3.63) is 35.7 Å². The summed E-state index contributed by atoms with van der Waals surface area (Å²) in [4.78, 5) is 0. The lowest BCUT2D eigenvalue weighted by molar-refractivity contribution is -0.147. The molecule has 0 bridgehead atoms. The maximum Gasteiger partial charge on any atom is 0.163 e. The number of hydrogen-bond acceptors (Lipinski definition) is 4. The molecule has 0 saturated carbocycles. The molecule has 1 aromatic rings. The van der Waals surface area contributed by atoms with E-state index < -0.39 is 23.8 Å². The Kier molecular flexibility index (Phi) is 3.89. The smallest absolute Gasteiger partial charge is 0.163 e. The number of aliphatic hydroxyl groups is 1. The fourth-order valence-corrected chi connectivity index (χ4v) is 1.87. The SMILES string of the molecule is CC1(C)OC[C@H]([C@@H](O)/C=C/c2cc(F)ccc2O)O1. The topological polar surface area (TPSA) is 58.9 Å². The van der Waals surface area contributed by atoms with Crippen molar-refractivity contribution in [2.45, 2.75) is 31.8 Å². The number of phenolic OH excluding ortho intramolecular Hbond substituents is 1. The summed E-state index contributed by atoms with van der Waals surface area (Å²) in [5, 5.41) is 19.5. The van der Waals surface area contributed by atoms with E-state index in [1.165, 1.54) is 30.4 Å². The molecule has 1 aromatic carbocycles. The number of aliphatic hydroxyl groups excluding tert-OH is 1. The predicted molar refractivity (Wildman–Crippen MR) is 68.0 cm³/mol. The van der Waals surface area contributed by atoms with Gasteiger partial charge in [0.1, 0.15) is 23.8 Å². The molecule has 0 aliphatic carbocycles. The second kappa shape index (κ2) is 5.28. The maximum atomic E-state index is 13.0. The first kappa shape index (κ1) is 14.0. The second-order valence-electron chi connectivity index (χ2n) is 4.92. The molecule has 4 nitrogen and oxygen atoms in total. The molecule has 0 unspecified atom stereocenters. The Labute approximate surface area is 111 Å². The molecule has 19 heavy (non-hydrogen) atoms. The summed E-state index contributed by atoms with van der Waals surface area (Å²) >= 11 is 0. The molecule has 0 radical (unpaired) electrons. The summed E-state index contributed by atoms with van der Waals surface area (Å²) in [5.74, 6) is -1.21. The summed E-state index contributed by atoms with van der Waals surface area (Å²) in [7, 11) is 0. The average Bonchev–Trinajstić information content (AvgIpc) is 2.70. The van der Waals surface area contributed by atoms with Gasteiger partial charge in [-0.15, -0.1) is 0 Å². The molecule has 1 heterocycles. The number of hydrogen-bond donors (Lipinski definition) is 2. The van der Waals surface area contributed by atoms with E-state index in [0.717, 1.165) is 0 Å². The number of benzene rings is 1. The molecule has 1 aliphatic rings. The quantitative estimate of drug-likeness (QED) is 0.881. The van der Waals surface area contributed by atoms with Gasteiger partial charge in [0, 0.05) is 5.56 Å². The van der Waals surface area contributed by atoms with Crippen LogP contribution in [0.25, 0.3) is 6.08 Å². The van der Waals surface area contributed by atoms with Gasteiger partial charge in [-0.25, -0.2) is 4.39 Å². The molecule has 104 valence electrons. The molecule has 2 rings (SSSR count). The van der Waals surface area contributed by atoms with Gasteiger partial charge in [0.25, 0.3) is 0 Å². The lowest BCUT2D eigenvalue weighted by Crippen LogP contribution is -2.29. The zero-order valence-electron chi connectivity index (χ0n) is 10.8. The first-order valence-corrected chi connectivity index (χ1v) is 6.04. The number of phenols is 1. The van der Waals surface area contributed by atoms with Crippen LogP contribution >= 0.6 is 0 Å². The molecule has 1 aliphatic heterocycles. The molecule has 5 heteroatoms. The zero-order chi connectivity index (χ0) is 14.0. The predicted octanol–water partition coefficient (Wildman–Crippen LogP) is 2.06. The van der Waals surface area contributed by atoms with Crippen LogP contribution in [0.5, 0.6) is 5.75 Å². The zero-order valence-corrected chi connectivity index (χ0v) is 10.8. The Bertz CT molecular complexity index is 484. The van der Waals surface area contributed by atoms with Crippen LogP contribution in [0.15, 0.2) is 24.3 Å². The van der Waals surface area contributed by atoms with E-state index >= 15 is 0 Å². The highest BCUT2D eigenvalue weighted by Crippen LogP contribution is 2.25. The first-order chi connectivity index (χ1) is 8.87. The van der Waals surface area contributed by atoms with Gasteiger partial charge in [-0.05, 0) is 32.0 Å². The molecule has 2 atom stereocenters. The third-order valence-corrected chi connectivity index (χ3v) is 2.87. The van der Waals surface area contributed by atoms with Crippen LogP contribution in [-0.4, -0.2) is 34.8 Å². The number of ether oxygens (including phenoxy) is 2. The van der Waals surface area contributed by atoms with Crippen molar-refractivity contribution in [1.82, 2.24) is 0 Å². The van der Waals surface area contributed by atoms with Gasteiger partial charge in [0.2, 0.25) is 0 Å². The Morgan fingerprint density at radius 3 is 2.84 bits per heavy atom. The van der Waals surface area contributed by atoms with Gasteiger partial charge in [-0.1, -0.05) is 12.2 Å². The van der Waals surface area contributed by atoms with Gasteiger partial charge in [0.15, 0.2) is 5.79 Å². The van der Waals surface area contributed by atoms with E-state index in [0.29, 0.717) is 5.56 Å². The van der Waals surface area contributed by atoms with E-state index in [2.05, 4.69) is 0 Å².